The van der Waals surface area contributed by atoms with Crippen LogP contribution in [0.15, 0.2) is 48.7 Å². The Bertz CT molecular complexity index is 666. The van der Waals surface area contributed by atoms with Gasteiger partial charge in [0.1, 0.15) is 5.60 Å². The molecule has 0 saturated carbocycles. The fourth-order valence-electron chi connectivity index (χ4n) is 3.57. The smallest absolute Gasteiger partial charge is 0.410 e. The average Bonchev–Trinajstić information content (AvgIpc) is 2.63. The van der Waals surface area contributed by atoms with Gasteiger partial charge in [-0.05, 0) is 57.2 Å². The van der Waals surface area contributed by atoms with Crippen LogP contribution in [0.3, 0.4) is 0 Å². The third-order valence-electron chi connectivity index (χ3n) is 4.73. The number of carbonyl (C=O) groups excluding carboxylic acids is 1. The highest BCUT2D eigenvalue weighted by Crippen LogP contribution is 2.37. The van der Waals surface area contributed by atoms with E-state index in [4.69, 9.17) is 4.74 Å². The molecule has 26 heavy (non-hydrogen) atoms. The number of piperidine rings is 1. The maximum absolute atomic E-state index is 12.3. The van der Waals surface area contributed by atoms with Crippen molar-refractivity contribution in [2.24, 2.45) is 5.92 Å². The standard InChI is InChI=1S/C21H27N3O2/c1-21(2,3)26-20(25)24-14-11-17(12-15-24)19(16-8-5-4-6-9-16)18-10-7-13-22-23-18/h4-10,13,17,19H,11-12,14-15H2,1-3H3. The van der Waals surface area contributed by atoms with Crippen molar-refractivity contribution in [3.63, 3.8) is 0 Å². The lowest BCUT2D eigenvalue weighted by Crippen LogP contribution is -2.42. The maximum Gasteiger partial charge on any atom is 0.410 e. The van der Waals surface area contributed by atoms with Gasteiger partial charge in [0.2, 0.25) is 0 Å². The van der Waals surface area contributed by atoms with Crippen LogP contribution in [0.1, 0.15) is 50.8 Å². The van der Waals surface area contributed by atoms with E-state index in [2.05, 4.69) is 34.5 Å². The van der Waals surface area contributed by atoms with Crippen LogP contribution in [-0.4, -0.2) is 39.9 Å². The molecule has 1 unspecified atom stereocenters. The minimum Gasteiger partial charge on any atom is -0.444 e. The highest BCUT2D eigenvalue weighted by Gasteiger charge is 2.32. The number of rotatable bonds is 3. The summed E-state index contributed by atoms with van der Waals surface area (Å²) in [5, 5.41) is 8.45. The molecule has 1 aromatic carbocycles. The zero-order chi connectivity index (χ0) is 18.6. The van der Waals surface area contributed by atoms with Gasteiger partial charge < -0.3 is 9.64 Å². The van der Waals surface area contributed by atoms with E-state index in [1.54, 1.807) is 6.20 Å². The molecule has 0 aliphatic carbocycles. The fraction of sp³-hybridized carbons (Fsp3) is 0.476. The number of hydrogen-bond donors (Lipinski definition) is 0. The second-order valence-electron chi connectivity index (χ2n) is 7.84. The van der Waals surface area contributed by atoms with Gasteiger partial charge in [-0.1, -0.05) is 30.3 Å². The summed E-state index contributed by atoms with van der Waals surface area (Å²) in [4.78, 5) is 14.1. The third-order valence-corrected chi connectivity index (χ3v) is 4.73. The molecule has 1 saturated heterocycles. The fourth-order valence-corrected chi connectivity index (χ4v) is 3.57. The third kappa shape index (κ3) is 4.59. The van der Waals surface area contributed by atoms with Crippen LogP contribution < -0.4 is 0 Å². The first-order valence-electron chi connectivity index (χ1n) is 9.24. The summed E-state index contributed by atoms with van der Waals surface area (Å²) in [7, 11) is 0. The molecule has 138 valence electrons. The van der Waals surface area contributed by atoms with E-state index in [-0.39, 0.29) is 12.0 Å². The molecule has 2 aromatic rings. The van der Waals surface area contributed by atoms with Crippen molar-refractivity contribution < 1.29 is 9.53 Å². The normalized spacial score (nSPS) is 17.0. The van der Waals surface area contributed by atoms with Crippen molar-refractivity contribution in [3.8, 4) is 0 Å². The summed E-state index contributed by atoms with van der Waals surface area (Å²) in [6.45, 7) is 7.12. The molecule has 0 spiro atoms. The molecular formula is C21H27N3O2. The molecule has 1 fully saturated rings. The molecule has 3 rings (SSSR count). The van der Waals surface area contributed by atoms with Crippen molar-refractivity contribution in [2.45, 2.75) is 45.1 Å². The highest BCUT2D eigenvalue weighted by atomic mass is 16.6. The molecule has 0 N–H and O–H groups in total. The van der Waals surface area contributed by atoms with E-state index >= 15 is 0 Å². The number of carbonyl (C=O) groups is 1. The monoisotopic (exact) mass is 353 g/mol. The molecule has 1 aliphatic rings. The first kappa shape index (κ1) is 18.4. The molecule has 1 aliphatic heterocycles. The van der Waals surface area contributed by atoms with Gasteiger partial charge in [0.05, 0.1) is 5.69 Å². The maximum atomic E-state index is 12.3. The SMILES string of the molecule is CC(C)(C)OC(=O)N1CCC(C(c2ccccc2)c2cccnn2)CC1. The Kier molecular flexibility index (Phi) is 5.55. The van der Waals surface area contributed by atoms with Gasteiger partial charge in [-0.15, -0.1) is 0 Å². The van der Waals surface area contributed by atoms with Gasteiger partial charge in [-0.25, -0.2) is 4.79 Å². The van der Waals surface area contributed by atoms with E-state index in [9.17, 15) is 4.79 Å². The number of hydrogen-bond acceptors (Lipinski definition) is 4. The summed E-state index contributed by atoms with van der Waals surface area (Å²) in [5.41, 5.74) is 1.79. The Morgan fingerprint density at radius 3 is 2.38 bits per heavy atom. The summed E-state index contributed by atoms with van der Waals surface area (Å²) < 4.78 is 5.51. The zero-order valence-electron chi connectivity index (χ0n) is 15.8. The van der Waals surface area contributed by atoms with Crippen molar-refractivity contribution in [2.75, 3.05) is 13.1 Å². The quantitative estimate of drug-likeness (QED) is 0.827. The lowest BCUT2D eigenvalue weighted by atomic mass is 9.78. The molecular weight excluding hydrogens is 326 g/mol. The first-order valence-corrected chi connectivity index (χ1v) is 9.24. The van der Waals surface area contributed by atoms with Crippen LogP contribution in [-0.2, 0) is 4.74 Å². The number of aromatic nitrogens is 2. The molecule has 1 aromatic heterocycles. The van der Waals surface area contributed by atoms with Crippen LogP contribution in [0.4, 0.5) is 4.79 Å². The van der Waals surface area contributed by atoms with Crippen molar-refractivity contribution >= 4 is 6.09 Å². The topological polar surface area (TPSA) is 55.3 Å². The molecule has 0 radical (unpaired) electrons. The van der Waals surface area contributed by atoms with Crippen LogP contribution in [0.5, 0.6) is 0 Å². The highest BCUT2D eigenvalue weighted by molar-refractivity contribution is 5.68. The molecule has 1 amide bonds. The van der Waals surface area contributed by atoms with E-state index < -0.39 is 5.60 Å². The van der Waals surface area contributed by atoms with Gasteiger partial charge in [0, 0.05) is 25.2 Å². The Morgan fingerprint density at radius 1 is 1.12 bits per heavy atom. The average molecular weight is 353 g/mol. The van der Waals surface area contributed by atoms with Crippen molar-refractivity contribution in [1.29, 1.82) is 0 Å². The van der Waals surface area contributed by atoms with E-state index in [1.165, 1.54) is 5.56 Å². The molecule has 5 heteroatoms. The molecule has 0 bridgehead atoms. The Labute approximate surface area is 155 Å². The van der Waals surface area contributed by atoms with E-state index in [1.807, 2.05) is 43.9 Å². The van der Waals surface area contributed by atoms with Crippen LogP contribution in [0, 0.1) is 5.92 Å². The first-order chi connectivity index (χ1) is 12.4. The van der Waals surface area contributed by atoms with Crippen LogP contribution in [0.25, 0.3) is 0 Å². The minimum absolute atomic E-state index is 0.200. The zero-order valence-corrected chi connectivity index (χ0v) is 15.8. The summed E-state index contributed by atoms with van der Waals surface area (Å²) in [6.07, 6.45) is 3.34. The second-order valence-corrected chi connectivity index (χ2v) is 7.84. The minimum atomic E-state index is -0.458. The number of nitrogens with zero attached hydrogens (tertiary/aromatic N) is 3. The Morgan fingerprint density at radius 2 is 1.81 bits per heavy atom. The summed E-state index contributed by atoms with van der Waals surface area (Å²) in [5.74, 6) is 0.624. The second kappa shape index (κ2) is 7.85. The summed E-state index contributed by atoms with van der Waals surface area (Å²) in [6, 6.07) is 14.4. The molecule has 1 atom stereocenters. The summed E-state index contributed by atoms with van der Waals surface area (Å²) >= 11 is 0. The van der Waals surface area contributed by atoms with Gasteiger partial charge in [-0.2, -0.15) is 10.2 Å². The van der Waals surface area contributed by atoms with Gasteiger partial charge in [0.15, 0.2) is 0 Å². The van der Waals surface area contributed by atoms with E-state index in [0.29, 0.717) is 19.0 Å². The van der Waals surface area contributed by atoms with Crippen LogP contribution in [0.2, 0.25) is 0 Å². The number of amides is 1. The van der Waals surface area contributed by atoms with E-state index in [0.717, 1.165) is 18.5 Å². The number of benzene rings is 1. The van der Waals surface area contributed by atoms with Gasteiger partial charge in [-0.3, -0.25) is 0 Å². The Hall–Kier alpha value is -2.43. The van der Waals surface area contributed by atoms with Crippen molar-refractivity contribution in [3.05, 3.63) is 59.9 Å². The van der Waals surface area contributed by atoms with Crippen molar-refractivity contribution in [1.82, 2.24) is 15.1 Å². The molecule has 2 heterocycles. The largest absolute Gasteiger partial charge is 0.444 e. The molecule has 5 nitrogen and oxygen atoms in total. The predicted octanol–water partition coefficient (Wildman–Crippen LogP) is 4.26. The lowest BCUT2D eigenvalue weighted by molar-refractivity contribution is 0.0178. The lowest BCUT2D eigenvalue weighted by Gasteiger charge is -2.36. The van der Waals surface area contributed by atoms with Gasteiger partial charge >= 0.3 is 6.09 Å². The van der Waals surface area contributed by atoms with Crippen LogP contribution >= 0.6 is 0 Å². The number of likely N-dealkylation sites (tertiary alicyclic amines) is 1. The predicted molar refractivity (Wildman–Crippen MR) is 101 cm³/mol. The van der Waals surface area contributed by atoms with Gasteiger partial charge in [0.25, 0.3) is 0 Å². The Balaban J connectivity index is 1.73. The number of ether oxygens (including phenoxy) is 1.